The van der Waals surface area contributed by atoms with Crippen LogP contribution in [0, 0.1) is 11.6 Å². The molecule has 0 saturated heterocycles. The number of carbonyl (C=O) groups is 1. The standard InChI is InChI=1S/C13H5BrCl3F2NO/c14-5-1-9(18)11(10(19)2-5)13(21)20-12-7(16)3-6(15)4-8(12)17/h1-4H,(H,20,21). The first-order chi connectivity index (χ1) is 9.79. The van der Waals surface area contributed by atoms with Gasteiger partial charge in [-0.05, 0) is 24.3 Å². The second-order valence-corrected chi connectivity index (χ2v) is 6.11. The fraction of sp³-hybridized carbons (Fsp3) is 0. The Balaban J connectivity index is 2.40. The molecule has 1 N–H and O–H groups in total. The quantitative estimate of drug-likeness (QED) is 0.646. The van der Waals surface area contributed by atoms with Crippen molar-refractivity contribution >= 4 is 62.3 Å². The molecule has 2 aromatic carbocycles. The molecule has 0 radical (unpaired) electrons. The lowest BCUT2D eigenvalue weighted by Gasteiger charge is -2.11. The second-order valence-electron chi connectivity index (χ2n) is 3.94. The lowest BCUT2D eigenvalue weighted by atomic mass is 10.1. The van der Waals surface area contributed by atoms with Gasteiger partial charge in [0.2, 0.25) is 0 Å². The number of anilines is 1. The minimum atomic E-state index is -1.01. The Morgan fingerprint density at radius 1 is 1.00 bits per heavy atom. The Morgan fingerprint density at radius 3 is 1.95 bits per heavy atom. The van der Waals surface area contributed by atoms with Crippen molar-refractivity contribution in [2.75, 3.05) is 5.32 Å². The van der Waals surface area contributed by atoms with E-state index in [9.17, 15) is 13.6 Å². The summed E-state index contributed by atoms with van der Waals surface area (Å²) in [5.41, 5.74) is -0.713. The highest BCUT2D eigenvalue weighted by Gasteiger charge is 2.20. The first kappa shape index (κ1) is 16.5. The molecule has 8 heteroatoms. The van der Waals surface area contributed by atoms with Gasteiger partial charge in [0, 0.05) is 9.50 Å². The van der Waals surface area contributed by atoms with Crippen LogP contribution in [0.4, 0.5) is 14.5 Å². The number of benzene rings is 2. The van der Waals surface area contributed by atoms with Gasteiger partial charge in [-0.25, -0.2) is 8.78 Å². The summed E-state index contributed by atoms with van der Waals surface area (Å²) in [6, 6.07) is 4.64. The summed E-state index contributed by atoms with van der Waals surface area (Å²) in [5.74, 6) is -3.04. The van der Waals surface area contributed by atoms with E-state index >= 15 is 0 Å². The molecule has 0 spiro atoms. The predicted octanol–water partition coefficient (Wildman–Crippen LogP) is 5.94. The van der Waals surface area contributed by atoms with Crippen LogP contribution in [0.1, 0.15) is 10.4 Å². The van der Waals surface area contributed by atoms with Gasteiger partial charge < -0.3 is 5.32 Å². The maximum Gasteiger partial charge on any atom is 0.261 e. The van der Waals surface area contributed by atoms with Gasteiger partial charge in [-0.3, -0.25) is 4.79 Å². The summed E-state index contributed by atoms with van der Waals surface area (Å²) in [5, 5.41) is 2.64. The molecule has 0 saturated carbocycles. The van der Waals surface area contributed by atoms with Gasteiger partial charge in [0.25, 0.3) is 5.91 Å². The largest absolute Gasteiger partial charge is 0.319 e. The molecule has 0 aliphatic rings. The van der Waals surface area contributed by atoms with Crippen LogP contribution in [0.2, 0.25) is 15.1 Å². The summed E-state index contributed by atoms with van der Waals surface area (Å²) in [6.07, 6.45) is 0. The average Bonchev–Trinajstić information content (AvgIpc) is 2.32. The Kier molecular flexibility index (Phi) is 5.09. The number of hydrogen-bond acceptors (Lipinski definition) is 1. The van der Waals surface area contributed by atoms with Crippen molar-refractivity contribution in [3.63, 3.8) is 0 Å². The Labute approximate surface area is 142 Å². The first-order valence-corrected chi connectivity index (χ1v) is 7.32. The van der Waals surface area contributed by atoms with Crippen molar-refractivity contribution in [1.29, 1.82) is 0 Å². The smallest absolute Gasteiger partial charge is 0.261 e. The molecule has 21 heavy (non-hydrogen) atoms. The summed E-state index contributed by atoms with van der Waals surface area (Å²) < 4.78 is 27.6. The van der Waals surface area contributed by atoms with Crippen LogP contribution in [0.15, 0.2) is 28.7 Å². The van der Waals surface area contributed by atoms with E-state index in [1.165, 1.54) is 12.1 Å². The molecule has 0 aliphatic heterocycles. The van der Waals surface area contributed by atoms with Gasteiger partial charge in [0.15, 0.2) is 0 Å². The van der Waals surface area contributed by atoms with Crippen LogP contribution in [0.25, 0.3) is 0 Å². The number of hydrogen-bond donors (Lipinski definition) is 1. The third kappa shape index (κ3) is 3.66. The maximum absolute atomic E-state index is 13.7. The molecule has 2 nitrogen and oxygen atoms in total. The van der Waals surface area contributed by atoms with E-state index in [0.29, 0.717) is 0 Å². The van der Waals surface area contributed by atoms with Gasteiger partial charge in [-0.1, -0.05) is 50.7 Å². The monoisotopic (exact) mass is 413 g/mol. The minimum absolute atomic E-state index is 0.0226. The molecule has 0 heterocycles. The van der Waals surface area contributed by atoms with Crippen LogP contribution in [0.5, 0.6) is 0 Å². The topological polar surface area (TPSA) is 29.1 Å². The van der Waals surface area contributed by atoms with Crippen molar-refractivity contribution in [3.8, 4) is 0 Å². The molecule has 0 fully saturated rings. The highest BCUT2D eigenvalue weighted by atomic mass is 79.9. The Morgan fingerprint density at radius 2 is 1.48 bits per heavy atom. The molecule has 0 aliphatic carbocycles. The van der Waals surface area contributed by atoms with Crippen molar-refractivity contribution in [2.45, 2.75) is 0 Å². The van der Waals surface area contributed by atoms with Crippen molar-refractivity contribution < 1.29 is 13.6 Å². The van der Waals surface area contributed by atoms with E-state index in [-0.39, 0.29) is 25.2 Å². The number of rotatable bonds is 2. The van der Waals surface area contributed by atoms with Crippen molar-refractivity contribution in [3.05, 3.63) is 61.0 Å². The van der Waals surface area contributed by atoms with Gasteiger partial charge in [-0.15, -0.1) is 0 Å². The van der Waals surface area contributed by atoms with Gasteiger partial charge in [-0.2, -0.15) is 0 Å². The second kappa shape index (κ2) is 6.48. The predicted molar refractivity (Wildman–Crippen MR) is 83.5 cm³/mol. The zero-order valence-electron chi connectivity index (χ0n) is 9.99. The average molecular weight is 415 g/mol. The number of halogens is 6. The third-order valence-corrected chi connectivity index (χ3v) is 3.75. The van der Waals surface area contributed by atoms with Crippen molar-refractivity contribution in [1.82, 2.24) is 0 Å². The molecule has 110 valence electrons. The fourth-order valence-corrected chi connectivity index (χ4v) is 2.91. The summed E-state index contributed by atoms with van der Waals surface area (Å²) in [6.45, 7) is 0. The van der Waals surface area contributed by atoms with Crippen LogP contribution >= 0.6 is 50.7 Å². The minimum Gasteiger partial charge on any atom is -0.319 e. The van der Waals surface area contributed by atoms with E-state index in [2.05, 4.69) is 21.2 Å². The number of carbonyl (C=O) groups excluding carboxylic acids is 1. The van der Waals surface area contributed by atoms with E-state index in [4.69, 9.17) is 34.8 Å². The summed E-state index contributed by atoms with van der Waals surface area (Å²) in [7, 11) is 0. The van der Waals surface area contributed by atoms with Crippen LogP contribution in [0.3, 0.4) is 0 Å². The summed E-state index contributed by atoms with van der Waals surface area (Å²) in [4.78, 5) is 12.0. The lowest BCUT2D eigenvalue weighted by molar-refractivity contribution is 0.101. The molecule has 1 amide bonds. The molecule has 0 atom stereocenters. The van der Waals surface area contributed by atoms with E-state index in [0.717, 1.165) is 12.1 Å². The van der Waals surface area contributed by atoms with E-state index < -0.39 is 23.1 Å². The zero-order chi connectivity index (χ0) is 15.7. The van der Waals surface area contributed by atoms with Gasteiger partial charge in [0.1, 0.15) is 17.2 Å². The molecule has 2 aromatic rings. The van der Waals surface area contributed by atoms with Crippen LogP contribution in [-0.2, 0) is 0 Å². The number of amides is 1. The number of nitrogens with one attached hydrogen (secondary N) is 1. The van der Waals surface area contributed by atoms with Crippen LogP contribution < -0.4 is 5.32 Å². The van der Waals surface area contributed by atoms with Crippen LogP contribution in [-0.4, -0.2) is 5.91 Å². The normalized spacial score (nSPS) is 10.6. The van der Waals surface area contributed by atoms with Gasteiger partial charge >= 0.3 is 0 Å². The third-order valence-electron chi connectivity index (χ3n) is 2.48. The van der Waals surface area contributed by atoms with E-state index in [1.54, 1.807) is 0 Å². The molecular formula is C13H5BrCl3F2NO. The maximum atomic E-state index is 13.7. The molecular weight excluding hydrogens is 410 g/mol. The zero-order valence-corrected chi connectivity index (χ0v) is 13.8. The molecule has 0 aromatic heterocycles. The SMILES string of the molecule is O=C(Nc1c(Cl)cc(Cl)cc1Cl)c1c(F)cc(Br)cc1F. The lowest BCUT2D eigenvalue weighted by Crippen LogP contribution is -2.16. The fourth-order valence-electron chi connectivity index (χ4n) is 1.60. The highest BCUT2D eigenvalue weighted by molar-refractivity contribution is 9.10. The molecule has 0 bridgehead atoms. The first-order valence-electron chi connectivity index (χ1n) is 5.40. The Bertz CT molecular complexity index is 693. The summed E-state index contributed by atoms with van der Waals surface area (Å²) >= 11 is 20.4. The van der Waals surface area contributed by atoms with Gasteiger partial charge in [0.05, 0.1) is 15.7 Å². The molecule has 0 unspecified atom stereocenters. The highest BCUT2D eigenvalue weighted by Crippen LogP contribution is 2.34. The van der Waals surface area contributed by atoms with Crippen molar-refractivity contribution in [2.24, 2.45) is 0 Å². The molecule has 2 rings (SSSR count). The van der Waals surface area contributed by atoms with E-state index in [1.807, 2.05) is 0 Å². The Hall–Kier alpha value is -0.880.